The Morgan fingerprint density at radius 2 is 2.27 bits per heavy atom. The van der Waals surface area contributed by atoms with Crippen molar-refractivity contribution in [3.05, 3.63) is 11.8 Å². The van der Waals surface area contributed by atoms with Crippen molar-refractivity contribution >= 4 is 0 Å². The van der Waals surface area contributed by atoms with Gasteiger partial charge in [0.1, 0.15) is 6.61 Å². The fraction of sp³-hybridized carbons (Fsp3) is 0.818. The van der Waals surface area contributed by atoms with Crippen molar-refractivity contribution in [2.75, 3.05) is 0 Å². The largest absolute Gasteiger partial charge is 0.423 e. The molecular weight excluding hydrogens is 192 g/mol. The van der Waals surface area contributed by atoms with Gasteiger partial charge < -0.3 is 9.15 Å². The molecule has 0 spiro atoms. The van der Waals surface area contributed by atoms with Crippen molar-refractivity contribution in [3.8, 4) is 0 Å². The Morgan fingerprint density at radius 1 is 1.40 bits per heavy atom. The molecule has 1 aliphatic carbocycles. The fourth-order valence-electron chi connectivity index (χ4n) is 2.11. The van der Waals surface area contributed by atoms with Crippen molar-refractivity contribution in [1.29, 1.82) is 0 Å². The minimum atomic E-state index is 0.376. The lowest BCUT2D eigenvalue weighted by atomic mass is 9.89. The van der Waals surface area contributed by atoms with E-state index in [2.05, 4.69) is 17.1 Å². The Kier molecular flexibility index (Phi) is 3.36. The molecule has 2 rings (SSSR count). The van der Waals surface area contributed by atoms with Gasteiger partial charge in [0, 0.05) is 6.92 Å². The van der Waals surface area contributed by atoms with Crippen LogP contribution in [0.4, 0.5) is 0 Å². The summed E-state index contributed by atoms with van der Waals surface area (Å²) < 4.78 is 11.0. The third-order valence-electron chi connectivity index (χ3n) is 2.90. The number of rotatable bonds is 3. The number of aryl methyl sites for hydroxylation is 1. The first-order chi connectivity index (χ1) is 7.24. The summed E-state index contributed by atoms with van der Waals surface area (Å²) in [7, 11) is 0. The van der Waals surface area contributed by atoms with E-state index >= 15 is 0 Å². The lowest BCUT2D eigenvalue weighted by Gasteiger charge is -2.26. The van der Waals surface area contributed by atoms with Crippen LogP contribution in [0, 0.1) is 12.8 Å². The van der Waals surface area contributed by atoms with Gasteiger partial charge in [-0.2, -0.15) is 0 Å². The first-order valence-corrected chi connectivity index (χ1v) is 5.64. The van der Waals surface area contributed by atoms with Crippen LogP contribution in [0.25, 0.3) is 0 Å². The van der Waals surface area contributed by atoms with Crippen LogP contribution >= 0.6 is 0 Å². The average Bonchev–Trinajstić information content (AvgIpc) is 2.62. The minimum absolute atomic E-state index is 0.376. The Morgan fingerprint density at radius 3 is 2.93 bits per heavy atom. The summed E-state index contributed by atoms with van der Waals surface area (Å²) in [6.07, 6.45) is 5.31. The first-order valence-electron chi connectivity index (χ1n) is 5.64. The molecule has 0 radical (unpaired) electrons. The Bertz CT molecular complexity index is 311. The molecule has 0 unspecified atom stereocenters. The Labute approximate surface area is 90.0 Å². The molecule has 0 aromatic carbocycles. The highest BCUT2D eigenvalue weighted by Gasteiger charge is 2.19. The third kappa shape index (κ3) is 3.02. The van der Waals surface area contributed by atoms with E-state index in [0.29, 0.717) is 24.5 Å². The van der Waals surface area contributed by atoms with E-state index in [-0.39, 0.29) is 0 Å². The Balaban J connectivity index is 1.77. The maximum absolute atomic E-state index is 5.76. The lowest BCUT2D eigenvalue weighted by Crippen LogP contribution is -2.21. The number of nitrogens with zero attached hydrogens (tertiary/aromatic N) is 2. The third-order valence-corrected chi connectivity index (χ3v) is 2.90. The highest BCUT2D eigenvalue weighted by Crippen LogP contribution is 2.26. The second-order valence-corrected chi connectivity index (χ2v) is 4.42. The van der Waals surface area contributed by atoms with Crippen LogP contribution in [-0.2, 0) is 11.3 Å². The topological polar surface area (TPSA) is 48.2 Å². The van der Waals surface area contributed by atoms with Gasteiger partial charge in [-0.25, -0.2) is 0 Å². The SMILES string of the molecule is Cc1nnc(CO[C@H]2CCC[C@@H](C)C2)o1. The molecule has 84 valence electrons. The van der Waals surface area contributed by atoms with Crippen molar-refractivity contribution in [3.63, 3.8) is 0 Å². The van der Waals surface area contributed by atoms with Crippen LogP contribution in [0.5, 0.6) is 0 Å². The molecule has 2 atom stereocenters. The maximum atomic E-state index is 5.76. The van der Waals surface area contributed by atoms with Crippen molar-refractivity contribution in [2.45, 2.75) is 52.2 Å². The summed E-state index contributed by atoms with van der Waals surface area (Å²) in [6, 6.07) is 0. The van der Waals surface area contributed by atoms with Crippen molar-refractivity contribution in [2.24, 2.45) is 5.92 Å². The molecule has 0 amide bonds. The van der Waals surface area contributed by atoms with Gasteiger partial charge >= 0.3 is 0 Å². The zero-order chi connectivity index (χ0) is 10.7. The molecule has 1 fully saturated rings. The van der Waals surface area contributed by atoms with E-state index in [1.165, 1.54) is 12.8 Å². The molecule has 1 aromatic rings. The molecular formula is C11H18N2O2. The molecule has 0 bridgehead atoms. The summed E-state index contributed by atoms with van der Waals surface area (Å²) in [5.74, 6) is 1.98. The maximum Gasteiger partial charge on any atom is 0.242 e. The van der Waals surface area contributed by atoms with E-state index in [9.17, 15) is 0 Å². The summed E-state index contributed by atoms with van der Waals surface area (Å²) in [5.41, 5.74) is 0. The van der Waals surface area contributed by atoms with Gasteiger partial charge in [-0.1, -0.05) is 19.8 Å². The van der Waals surface area contributed by atoms with Gasteiger partial charge in [0.25, 0.3) is 0 Å². The van der Waals surface area contributed by atoms with Crippen LogP contribution in [-0.4, -0.2) is 16.3 Å². The summed E-state index contributed by atoms with van der Waals surface area (Å²) in [4.78, 5) is 0. The van der Waals surface area contributed by atoms with Crippen LogP contribution in [0.2, 0.25) is 0 Å². The zero-order valence-corrected chi connectivity index (χ0v) is 9.40. The second kappa shape index (κ2) is 4.75. The molecule has 1 aliphatic rings. The minimum Gasteiger partial charge on any atom is -0.423 e. The van der Waals surface area contributed by atoms with Gasteiger partial charge in [-0.15, -0.1) is 10.2 Å². The predicted molar refractivity (Wildman–Crippen MR) is 55.2 cm³/mol. The quantitative estimate of drug-likeness (QED) is 0.769. The molecule has 1 heterocycles. The molecule has 4 heteroatoms. The van der Waals surface area contributed by atoms with Crippen LogP contribution in [0.3, 0.4) is 0 Å². The lowest BCUT2D eigenvalue weighted by molar-refractivity contribution is -0.00483. The zero-order valence-electron chi connectivity index (χ0n) is 9.40. The highest BCUT2D eigenvalue weighted by atomic mass is 16.5. The van der Waals surface area contributed by atoms with Gasteiger partial charge in [-0.05, 0) is 18.8 Å². The van der Waals surface area contributed by atoms with E-state index in [4.69, 9.17) is 9.15 Å². The monoisotopic (exact) mass is 210 g/mol. The normalized spacial score (nSPS) is 26.8. The van der Waals surface area contributed by atoms with Gasteiger partial charge in [0.05, 0.1) is 6.10 Å². The molecule has 0 N–H and O–H groups in total. The van der Waals surface area contributed by atoms with Crippen LogP contribution in [0.15, 0.2) is 4.42 Å². The number of ether oxygens (including phenoxy) is 1. The first kappa shape index (κ1) is 10.6. The van der Waals surface area contributed by atoms with Gasteiger partial charge in [-0.3, -0.25) is 0 Å². The number of hydrogen-bond acceptors (Lipinski definition) is 4. The van der Waals surface area contributed by atoms with Crippen LogP contribution < -0.4 is 0 Å². The van der Waals surface area contributed by atoms with Gasteiger partial charge in [0.2, 0.25) is 11.8 Å². The molecule has 0 aliphatic heterocycles. The molecule has 1 saturated carbocycles. The standard InChI is InChI=1S/C11H18N2O2/c1-8-4-3-5-10(6-8)14-7-11-13-12-9(2)15-11/h8,10H,3-7H2,1-2H3/t8-,10+/m1/s1. The predicted octanol–water partition coefficient (Wildman–Crippen LogP) is 2.47. The van der Waals surface area contributed by atoms with Crippen molar-refractivity contribution in [1.82, 2.24) is 10.2 Å². The van der Waals surface area contributed by atoms with Gasteiger partial charge in [0.15, 0.2) is 0 Å². The molecule has 1 aromatic heterocycles. The van der Waals surface area contributed by atoms with Crippen LogP contribution in [0.1, 0.15) is 44.4 Å². The fourth-order valence-corrected chi connectivity index (χ4v) is 2.11. The van der Waals surface area contributed by atoms with E-state index in [1.54, 1.807) is 6.92 Å². The van der Waals surface area contributed by atoms with E-state index in [1.807, 2.05) is 0 Å². The molecule has 15 heavy (non-hydrogen) atoms. The average molecular weight is 210 g/mol. The van der Waals surface area contributed by atoms with E-state index in [0.717, 1.165) is 18.8 Å². The van der Waals surface area contributed by atoms with Crippen molar-refractivity contribution < 1.29 is 9.15 Å². The molecule has 4 nitrogen and oxygen atoms in total. The summed E-state index contributed by atoms with van der Waals surface area (Å²) in [6.45, 7) is 4.53. The number of hydrogen-bond donors (Lipinski definition) is 0. The van der Waals surface area contributed by atoms with E-state index < -0.39 is 0 Å². The Hall–Kier alpha value is -0.900. The smallest absolute Gasteiger partial charge is 0.242 e. The summed E-state index contributed by atoms with van der Waals surface area (Å²) in [5, 5.41) is 7.68. The highest BCUT2D eigenvalue weighted by molar-refractivity contribution is 4.77. The molecule has 0 saturated heterocycles. The number of aromatic nitrogens is 2. The summed E-state index contributed by atoms with van der Waals surface area (Å²) >= 11 is 0. The second-order valence-electron chi connectivity index (χ2n) is 4.42.